The lowest BCUT2D eigenvalue weighted by atomic mass is 10.0. The number of ether oxygens (including phenoxy) is 1. The molecule has 0 spiro atoms. The third kappa shape index (κ3) is 2.49. The van der Waals surface area contributed by atoms with E-state index in [-0.39, 0.29) is 29.7 Å². The number of hydrogen-bond acceptors (Lipinski definition) is 4. The van der Waals surface area contributed by atoms with Crippen LogP contribution in [0.5, 0.6) is 0 Å². The number of aromatic nitrogens is 1. The van der Waals surface area contributed by atoms with Crippen LogP contribution in [0.4, 0.5) is 4.39 Å². The molecule has 0 amide bonds. The first-order chi connectivity index (χ1) is 10.9. The van der Waals surface area contributed by atoms with Gasteiger partial charge in [0.25, 0.3) is 0 Å². The minimum Gasteiger partial charge on any atom is -0.478 e. The molecule has 0 fully saturated rings. The number of hydrogen-bond donors (Lipinski definition) is 2. The number of aliphatic hydroxyl groups is 1. The summed E-state index contributed by atoms with van der Waals surface area (Å²) in [5, 5.41) is 19.2. The smallest absolute Gasteiger partial charge is 0.339 e. The van der Waals surface area contributed by atoms with Gasteiger partial charge in [-0.3, -0.25) is 0 Å². The van der Waals surface area contributed by atoms with Gasteiger partial charge in [0.1, 0.15) is 5.82 Å². The molecule has 3 rings (SSSR count). The molecule has 0 radical (unpaired) electrons. The molecule has 120 valence electrons. The lowest BCUT2D eigenvalue weighted by Gasteiger charge is -2.10. The van der Waals surface area contributed by atoms with E-state index in [1.54, 1.807) is 4.57 Å². The fourth-order valence-electron chi connectivity index (χ4n) is 2.94. The number of aliphatic hydroxyl groups excluding tert-OH is 1. The molecule has 0 saturated heterocycles. The van der Waals surface area contributed by atoms with Gasteiger partial charge in [0.2, 0.25) is 0 Å². The highest BCUT2D eigenvalue weighted by atomic mass is 19.1. The Morgan fingerprint density at radius 3 is 2.70 bits per heavy atom. The third-order valence-electron chi connectivity index (χ3n) is 3.92. The first-order valence-corrected chi connectivity index (χ1v) is 6.94. The molecule has 1 atom stereocenters. The SMILES string of the molecule is COC(=O)c1cc(-c2cc(F)ccc2C(=O)O)n2c1C[C@@H](O)C2. The molecule has 1 aliphatic rings. The average Bonchev–Trinajstić information content (AvgIpc) is 3.03. The van der Waals surface area contributed by atoms with E-state index in [1.165, 1.54) is 19.2 Å². The number of nitrogens with zero attached hydrogens (tertiary/aromatic N) is 1. The van der Waals surface area contributed by atoms with Gasteiger partial charge in [-0.25, -0.2) is 14.0 Å². The van der Waals surface area contributed by atoms with Crippen LogP contribution in [0, 0.1) is 5.82 Å². The van der Waals surface area contributed by atoms with Gasteiger partial charge < -0.3 is 19.5 Å². The van der Waals surface area contributed by atoms with Crippen LogP contribution in [0.25, 0.3) is 11.3 Å². The lowest BCUT2D eigenvalue weighted by molar-refractivity contribution is 0.0598. The highest BCUT2D eigenvalue weighted by Crippen LogP contribution is 2.34. The van der Waals surface area contributed by atoms with Crippen LogP contribution < -0.4 is 0 Å². The van der Waals surface area contributed by atoms with Gasteiger partial charge in [0.15, 0.2) is 0 Å². The van der Waals surface area contributed by atoms with Crippen molar-refractivity contribution < 1.29 is 28.9 Å². The zero-order valence-corrected chi connectivity index (χ0v) is 12.2. The Kier molecular flexibility index (Phi) is 3.65. The molecule has 2 aromatic rings. The summed E-state index contributed by atoms with van der Waals surface area (Å²) >= 11 is 0. The maximum atomic E-state index is 13.6. The van der Waals surface area contributed by atoms with Crippen LogP contribution in [-0.2, 0) is 17.7 Å². The van der Waals surface area contributed by atoms with Crippen molar-refractivity contribution in [2.24, 2.45) is 0 Å². The van der Waals surface area contributed by atoms with Crippen LogP contribution in [0.1, 0.15) is 26.4 Å². The number of rotatable bonds is 3. The van der Waals surface area contributed by atoms with E-state index in [9.17, 15) is 24.2 Å². The number of methoxy groups -OCH3 is 1. The maximum absolute atomic E-state index is 13.6. The molecular weight excluding hydrogens is 305 g/mol. The van der Waals surface area contributed by atoms with Gasteiger partial charge in [-0.05, 0) is 24.3 Å². The number of fused-ring (bicyclic) bond motifs is 1. The third-order valence-corrected chi connectivity index (χ3v) is 3.92. The molecule has 0 bridgehead atoms. The van der Waals surface area contributed by atoms with Crippen molar-refractivity contribution >= 4 is 11.9 Å². The number of carbonyl (C=O) groups excluding carboxylic acids is 1. The predicted octanol–water partition coefficient (Wildman–Crippen LogP) is 1.70. The van der Waals surface area contributed by atoms with Gasteiger partial charge in [-0.2, -0.15) is 0 Å². The zero-order valence-electron chi connectivity index (χ0n) is 12.2. The second kappa shape index (κ2) is 5.51. The van der Waals surface area contributed by atoms with E-state index in [4.69, 9.17) is 4.74 Å². The maximum Gasteiger partial charge on any atom is 0.339 e. The van der Waals surface area contributed by atoms with Gasteiger partial charge in [0.05, 0.1) is 30.0 Å². The quantitative estimate of drug-likeness (QED) is 0.841. The first kappa shape index (κ1) is 15.2. The highest BCUT2D eigenvalue weighted by molar-refractivity contribution is 5.98. The van der Waals surface area contributed by atoms with Crippen LogP contribution in [0.3, 0.4) is 0 Å². The van der Waals surface area contributed by atoms with E-state index in [1.807, 2.05) is 0 Å². The Labute approximate surface area is 130 Å². The molecule has 7 heteroatoms. The number of aromatic carboxylic acids is 1. The Balaban J connectivity index is 2.24. The summed E-state index contributed by atoms with van der Waals surface area (Å²) in [7, 11) is 1.24. The van der Waals surface area contributed by atoms with Gasteiger partial charge in [-0.1, -0.05) is 0 Å². The molecule has 0 aliphatic carbocycles. The predicted molar refractivity (Wildman–Crippen MR) is 77.8 cm³/mol. The standard InChI is InChI=1S/C16H14FNO5/c1-23-16(22)12-6-14(18-7-9(19)5-13(12)18)11-4-8(17)2-3-10(11)15(20)21/h2-4,6,9,19H,5,7H2,1H3,(H,20,21)/t9-/m1/s1. The van der Waals surface area contributed by atoms with Crippen LogP contribution in [-0.4, -0.2) is 39.9 Å². The van der Waals surface area contributed by atoms with Crippen molar-refractivity contribution in [2.45, 2.75) is 19.1 Å². The van der Waals surface area contributed by atoms with Crippen molar-refractivity contribution in [1.82, 2.24) is 4.57 Å². The molecule has 2 N–H and O–H groups in total. The first-order valence-electron chi connectivity index (χ1n) is 6.94. The van der Waals surface area contributed by atoms with Crippen LogP contribution in [0.2, 0.25) is 0 Å². The number of esters is 1. The normalized spacial score (nSPS) is 16.2. The fourth-order valence-corrected chi connectivity index (χ4v) is 2.94. The minimum atomic E-state index is -1.20. The summed E-state index contributed by atoms with van der Waals surface area (Å²) in [5.74, 6) is -2.37. The second-order valence-electron chi connectivity index (χ2n) is 5.35. The molecule has 1 aliphatic heterocycles. The Hall–Kier alpha value is -2.67. The van der Waals surface area contributed by atoms with Gasteiger partial charge >= 0.3 is 11.9 Å². The van der Waals surface area contributed by atoms with E-state index < -0.39 is 23.9 Å². The zero-order chi connectivity index (χ0) is 16.7. The Morgan fingerprint density at radius 2 is 2.04 bits per heavy atom. The fraction of sp³-hybridized carbons (Fsp3) is 0.250. The van der Waals surface area contributed by atoms with Gasteiger partial charge in [0, 0.05) is 24.2 Å². The van der Waals surface area contributed by atoms with E-state index in [2.05, 4.69) is 0 Å². The molecule has 23 heavy (non-hydrogen) atoms. The van der Waals surface area contributed by atoms with Crippen LogP contribution in [0.15, 0.2) is 24.3 Å². The number of carbonyl (C=O) groups is 2. The average molecular weight is 319 g/mol. The van der Waals surface area contributed by atoms with Crippen molar-refractivity contribution in [2.75, 3.05) is 7.11 Å². The highest BCUT2D eigenvalue weighted by Gasteiger charge is 2.30. The number of carboxylic acid groups (broad SMARTS) is 1. The Morgan fingerprint density at radius 1 is 1.30 bits per heavy atom. The van der Waals surface area contributed by atoms with E-state index in [0.29, 0.717) is 11.4 Å². The van der Waals surface area contributed by atoms with Crippen molar-refractivity contribution in [3.05, 3.63) is 46.9 Å². The van der Waals surface area contributed by atoms with Crippen LogP contribution >= 0.6 is 0 Å². The summed E-state index contributed by atoms with van der Waals surface area (Å²) in [6.07, 6.45) is -0.433. The molecular formula is C16H14FNO5. The number of carboxylic acids is 1. The molecule has 0 unspecified atom stereocenters. The summed E-state index contributed by atoms with van der Waals surface area (Å²) < 4.78 is 20.0. The summed E-state index contributed by atoms with van der Waals surface area (Å²) in [6.45, 7) is 0.206. The number of halogens is 1. The number of benzene rings is 1. The topological polar surface area (TPSA) is 88.8 Å². The summed E-state index contributed by atoms with van der Waals surface area (Å²) in [6, 6.07) is 4.83. The molecule has 1 aromatic carbocycles. The molecule has 0 saturated carbocycles. The monoisotopic (exact) mass is 319 g/mol. The van der Waals surface area contributed by atoms with E-state index >= 15 is 0 Å². The van der Waals surface area contributed by atoms with Crippen molar-refractivity contribution in [3.8, 4) is 11.3 Å². The minimum absolute atomic E-state index is 0.0792. The van der Waals surface area contributed by atoms with Gasteiger partial charge in [-0.15, -0.1) is 0 Å². The Bertz CT molecular complexity index is 811. The molecule has 6 nitrogen and oxygen atoms in total. The van der Waals surface area contributed by atoms with Crippen molar-refractivity contribution in [3.63, 3.8) is 0 Å². The molecule has 1 aromatic heterocycles. The van der Waals surface area contributed by atoms with E-state index in [0.717, 1.165) is 12.1 Å². The summed E-state index contributed by atoms with van der Waals surface area (Å²) in [5.41, 5.74) is 1.25. The lowest BCUT2D eigenvalue weighted by Crippen LogP contribution is -2.09. The van der Waals surface area contributed by atoms with Crippen molar-refractivity contribution in [1.29, 1.82) is 0 Å². The summed E-state index contributed by atoms with van der Waals surface area (Å²) in [4.78, 5) is 23.3. The second-order valence-corrected chi connectivity index (χ2v) is 5.35. The largest absolute Gasteiger partial charge is 0.478 e. The molecule has 2 heterocycles.